The van der Waals surface area contributed by atoms with Gasteiger partial charge in [-0.3, -0.25) is 4.57 Å². The Balaban J connectivity index is 1.42. The summed E-state index contributed by atoms with van der Waals surface area (Å²) in [4.78, 5) is 4.72. The smallest absolute Gasteiger partial charge is 0.185 e. The second kappa shape index (κ2) is 7.52. The van der Waals surface area contributed by atoms with E-state index in [-0.39, 0.29) is 0 Å². The zero-order valence-electron chi connectivity index (χ0n) is 18.5. The van der Waals surface area contributed by atoms with Crippen LogP contribution in [0.4, 0.5) is 14.5 Å². The quantitative estimate of drug-likeness (QED) is 0.417. The zero-order chi connectivity index (χ0) is 22.7. The first-order valence-electron chi connectivity index (χ1n) is 11.1. The van der Waals surface area contributed by atoms with Crippen molar-refractivity contribution in [1.82, 2.24) is 24.2 Å². The molecule has 6 rings (SSSR count). The van der Waals surface area contributed by atoms with E-state index in [0.29, 0.717) is 29.5 Å². The molecule has 0 saturated carbocycles. The number of aromatic nitrogens is 4. The minimum absolute atomic E-state index is 0.365. The topological polar surface area (TPSA) is 42.1 Å². The van der Waals surface area contributed by atoms with Crippen LogP contribution in [-0.4, -0.2) is 57.5 Å². The van der Waals surface area contributed by atoms with Crippen molar-refractivity contribution >= 4 is 5.69 Å². The van der Waals surface area contributed by atoms with Crippen LogP contribution in [0.5, 0.6) is 0 Å². The Bertz CT molecular complexity index is 1350. The summed E-state index contributed by atoms with van der Waals surface area (Å²) in [5.41, 5.74) is 5.28. The summed E-state index contributed by atoms with van der Waals surface area (Å²) in [6.07, 6.45) is 4.77. The molecule has 2 aliphatic rings. The van der Waals surface area contributed by atoms with Gasteiger partial charge in [0, 0.05) is 54.8 Å². The van der Waals surface area contributed by atoms with E-state index in [1.807, 2.05) is 16.8 Å². The maximum Gasteiger partial charge on any atom is 0.185 e. The number of rotatable bonds is 3. The maximum absolute atomic E-state index is 14.5. The first-order chi connectivity index (χ1) is 16.0. The molecule has 8 heteroatoms. The normalized spacial score (nSPS) is 17.1. The summed E-state index contributed by atoms with van der Waals surface area (Å²) in [7, 11) is 4.27. The van der Waals surface area contributed by atoms with Crippen LogP contribution in [0.2, 0.25) is 0 Å². The van der Waals surface area contributed by atoms with Crippen LogP contribution in [0, 0.1) is 11.6 Å². The molecular formula is C25H24F2N6. The fourth-order valence-electron chi connectivity index (χ4n) is 5.00. The summed E-state index contributed by atoms with van der Waals surface area (Å²) < 4.78 is 32.0. The number of likely N-dealkylation sites (N-methyl/N-ethyl adjacent to an activating group) is 1. The van der Waals surface area contributed by atoms with Gasteiger partial charge < -0.3 is 14.4 Å². The first-order valence-corrected chi connectivity index (χ1v) is 11.1. The van der Waals surface area contributed by atoms with Gasteiger partial charge in [0.25, 0.3) is 0 Å². The van der Waals surface area contributed by atoms with Crippen molar-refractivity contribution in [3.63, 3.8) is 0 Å². The summed E-state index contributed by atoms with van der Waals surface area (Å²) >= 11 is 0. The lowest BCUT2D eigenvalue weighted by Gasteiger charge is -2.23. The molecule has 1 atom stereocenters. The molecule has 1 unspecified atom stereocenters. The Morgan fingerprint density at radius 1 is 1.06 bits per heavy atom. The molecule has 1 saturated heterocycles. The minimum atomic E-state index is -0.586. The molecular weight excluding hydrogens is 422 g/mol. The monoisotopic (exact) mass is 446 g/mol. The molecule has 0 bridgehead atoms. The van der Waals surface area contributed by atoms with Gasteiger partial charge in [-0.25, -0.2) is 8.78 Å². The third kappa shape index (κ3) is 3.33. The number of halogens is 2. The van der Waals surface area contributed by atoms with Gasteiger partial charge in [0.15, 0.2) is 5.82 Å². The number of benzene rings is 2. The van der Waals surface area contributed by atoms with Gasteiger partial charge >= 0.3 is 0 Å². The van der Waals surface area contributed by atoms with Gasteiger partial charge in [0.1, 0.15) is 18.0 Å². The fraction of sp³-hybridized carbons (Fsp3) is 0.280. The Hall–Kier alpha value is -3.52. The van der Waals surface area contributed by atoms with E-state index in [4.69, 9.17) is 0 Å². The summed E-state index contributed by atoms with van der Waals surface area (Å²) in [6, 6.07) is 12.7. The van der Waals surface area contributed by atoms with Crippen LogP contribution in [0.25, 0.3) is 28.3 Å². The summed E-state index contributed by atoms with van der Waals surface area (Å²) in [6.45, 7) is 2.66. The Labute approximate surface area is 190 Å². The average molecular weight is 447 g/mol. The standard InChI is InChI=1S/C25H24F2N6/c1-30(2)20-7-8-31(14-20)19-4-6-23-17(9-19)13-32-12-16(21-5-3-18(26)11-22(21)27)10-24(32)25-29-28-15-33(23)25/h3-6,9-12,15,20H,7-8,13-14H2,1-2H3. The van der Waals surface area contributed by atoms with Gasteiger partial charge in [0.05, 0.1) is 11.4 Å². The predicted octanol–water partition coefficient (Wildman–Crippen LogP) is 4.18. The van der Waals surface area contributed by atoms with E-state index in [1.165, 1.54) is 17.8 Å². The molecule has 0 N–H and O–H groups in total. The van der Waals surface area contributed by atoms with Crippen molar-refractivity contribution in [2.24, 2.45) is 0 Å². The molecule has 0 amide bonds. The predicted molar refractivity (Wildman–Crippen MR) is 124 cm³/mol. The number of anilines is 1. The molecule has 1 fully saturated rings. The van der Waals surface area contributed by atoms with E-state index in [2.05, 4.69) is 56.9 Å². The third-order valence-corrected chi connectivity index (χ3v) is 6.84. The molecule has 0 radical (unpaired) electrons. The molecule has 2 aliphatic heterocycles. The lowest BCUT2D eigenvalue weighted by Crippen LogP contribution is -2.31. The highest BCUT2D eigenvalue weighted by Crippen LogP contribution is 2.36. The third-order valence-electron chi connectivity index (χ3n) is 6.84. The van der Waals surface area contributed by atoms with Crippen LogP contribution in [-0.2, 0) is 6.54 Å². The molecule has 6 nitrogen and oxygen atoms in total. The second-order valence-electron chi connectivity index (χ2n) is 9.06. The highest BCUT2D eigenvalue weighted by molar-refractivity contribution is 5.72. The average Bonchev–Trinajstić information content (AvgIpc) is 3.52. The fourth-order valence-corrected chi connectivity index (χ4v) is 5.00. The van der Waals surface area contributed by atoms with Crippen molar-refractivity contribution in [1.29, 1.82) is 0 Å². The molecule has 33 heavy (non-hydrogen) atoms. The molecule has 4 aromatic rings. The number of hydrogen-bond donors (Lipinski definition) is 0. The number of fused-ring (bicyclic) bond motifs is 5. The van der Waals surface area contributed by atoms with Crippen LogP contribution in [0.1, 0.15) is 12.0 Å². The van der Waals surface area contributed by atoms with Crippen LogP contribution in [0.15, 0.2) is 55.0 Å². The van der Waals surface area contributed by atoms with E-state index in [1.54, 1.807) is 6.33 Å². The first kappa shape index (κ1) is 20.1. The molecule has 0 spiro atoms. The van der Waals surface area contributed by atoms with Crippen molar-refractivity contribution < 1.29 is 8.78 Å². The SMILES string of the molecule is CN(C)C1CCN(c2ccc3c(c2)Cn2cc(-c4ccc(F)cc4F)cc2-c2nncn2-3)C1. The maximum atomic E-state index is 14.5. The molecule has 4 heterocycles. The summed E-state index contributed by atoms with van der Waals surface area (Å²) in [5.74, 6) is -0.467. The van der Waals surface area contributed by atoms with E-state index < -0.39 is 11.6 Å². The number of nitrogens with zero attached hydrogens (tertiary/aromatic N) is 6. The second-order valence-corrected chi connectivity index (χ2v) is 9.06. The molecule has 0 aliphatic carbocycles. The van der Waals surface area contributed by atoms with Crippen molar-refractivity contribution in [3.05, 3.63) is 72.2 Å². The Morgan fingerprint density at radius 3 is 2.73 bits per heavy atom. The van der Waals surface area contributed by atoms with E-state index in [9.17, 15) is 8.78 Å². The van der Waals surface area contributed by atoms with Gasteiger partial charge in [-0.2, -0.15) is 0 Å². The largest absolute Gasteiger partial charge is 0.370 e. The van der Waals surface area contributed by atoms with Crippen molar-refractivity contribution in [2.75, 3.05) is 32.1 Å². The molecule has 2 aromatic carbocycles. The van der Waals surface area contributed by atoms with Gasteiger partial charge in [0.2, 0.25) is 0 Å². The lowest BCUT2D eigenvalue weighted by molar-refractivity contribution is 0.315. The highest BCUT2D eigenvalue weighted by atomic mass is 19.1. The Kier molecular flexibility index (Phi) is 4.58. The summed E-state index contributed by atoms with van der Waals surface area (Å²) in [5, 5.41) is 8.50. The van der Waals surface area contributed by atoms with E-state index in [0.717, 1.165) is 42.5 Å². The molecule has 168 valence electrons. The zero-order valence-corrected chi connectivity index (χ0v) is 18.5. The highest BCUT2D eigenvalue weighted by Gasteiger charge is 2.27. The van der Waals surface area contributed by atoms with Gasteiger partial charge in [-0.1, -0.05) is 0 Å². The Morgan fingerprint density at radius 2 is 1.94 bits per heavy atom. The van der Waals surface area contributed by atoms with Crippen LogP contribution < -0.4 is 4.90 Å². The van der Waals surface area contributed by atoms with Crippen molar-refractivity contribution in [2.45, 2.75) is 19.0 Å². The molecule has 2 aromatic heterocycles. The van der Waals surface area contributed by atoms with Crippen LogP contribution >= 0.6 is 0 Å². The van der Waals surface area contributed by atoms with Gasteiger partial charge in [-0.15, -0.1) is 10.2 Å². The lowest BCUT2D eigenvalue weighted by atomic mass is 10.1. The number of hydrogen-bond acceptors (Lipinski definition) is 4. The van der Waals surface area contributed by atoms with Gasteiger partial charge in [-0.05, 0) is 62.5 Å². The van der Waals surface area contributed by atoms with Crippen molar-refractivity contribution in [3.8, 4) is 28.3 Å². The van der Waals surface area contributed by atoms with Crippen LogP contribution in [0.3, 0.4) is 0 Å². The minimum Gasteiger partial charge on any atom is -0.370 e. The van der Waals surface area contributed by atoms with E-state index >= 15 is 0 Å².